The summed E-state index contributed by atoms with van der Waals surface area (Å²) in [6.45, 7) is 4.08. The summed E-state index contributed by atoms with van der Waals surface area (Å²) in [5.74, 6) is -0.498. The minimum atomic E-state index is -3.56. The van der Waals surface area contributed by atoms with Crippen LogP contribution >= 0.6 is 0 Å². The largest absolute Gasteiger partial charge is 0.399 e. The van der Waals surface area contributed by atoms with Crippen LogP contribution in [0.3, 0.4) is 0 Å². The molecule has 3 rings (SSSR count). The zero-order chi connectivity index (χ0) is 22.1. The molecule has 0 spiro atoms. The Kier molecular flexibility index (Phi) is 6.48. The Morgan fingerprint density at radius 2 is 1.90 bits per heavy atom. The van der Waals surface area contributed by atoms with Crippen LogP contribution in [-0.4, -0.2) is 39.5 Å². The van der Waals surface area contributed by atoms with Crippen LogP contribution in [0.5, 0.6) is 0 Å². The number of hydrogen-bond acceptors (Lipinski definition) is 5. The van der Waals surface area contributed by atoms with Gasteiger partial charge in [-0.05, 0) is 54.3 Å². The van der Waals surface area contributed by atoms with Crippen LogP contribution < -0.4 is 10.6 Å². The number of rotatable bonds is 6. The Labute approximate surface area is 180 Å². The van der Waals surface area contributed by atoms with Crippen LogP contribution in [0, 0.1) is 5.41 Å². The molecular weight excluding hydrogens is 396 g/mol. The standard InChI is InChI=1S/C24H34N2O3S/c1-5-7-13-24(6-2)16-30(28,29)21-12-11-19(26(3)4)15-20(21)22(23(24)27)17-9-8-10-18(25)14-17/h8-12,14-15,22-23,27H,5-7,13,16,25H2,1-4H3/t22-,23+,24-/m1/s1. The van der Waals surface area contributed by atoms with Crippen LogP contribution in [0.4, 0.5) is 11.4 Å². The van der Waals surface area contributed by atoms with E-state index >= 15 is 0 Å². The lowest BCUT2D eigenvalue weighted by Crippen LogP contribution is -2.42. The number of sulfone groups is 1. The van der Waals surface area contributed by atoms with E-state index in [1.165, 1.54) is 0 Å². The number of benzene rings is 2. The van der Waals surface area contributed by atoms with E-state index in [2.05, 4.69) is 6.92 Å². The normalized spacial score (nSPS) is 25.4. The van der Waals surface area contributed by atoms with Gasteiger partial charge in [-0.15, -0.1) is 0 Å². The van der Waals surface area contributed by atoms with Crippen molar-refractivity contribution in [3.8, 4) is 0 Å². The van der Waals surface area contributed by atoms with Crippen molar-refractivity contribution in [2.24, 2.45) is 5.41 Å². The summed E-state index contributed by atoms with van der Waals surface area (Å²) in [5.41, 5.74) is 8.39. The van der Waals surface area contributed by atoms with Crippen LogP contribution in [0.1, 0.15) is 56.6 Å². The molecule has 2 aromatic carbocycles. The molecule has 3 atom stereocenters. The van der Waals surface area contributed by atoms with Crippen molar-refractivity contribution in [1.29, 1.82) is 0 Å². The van der Waals surface area contributed by atoms with Crippen molar-refractivity contribution in [3.05, 3.63) is 53.6 Å². The molecule has 0 unspecified atom stereocenters. The third-order valence-corrected chi connectivity index (χ3v) is 8.60. The molecule has 3 N–H and O–H groups in total. The molecular formula is C24H34N2O3S. The third-order valence-electron chi connectivity index (χ3n) is 6.60. The second-order valence-electron chi connectivity index (χ2n) is 8.79. The molecule has 0 saturated heterocycles. The molecule has 0 amide bonds. The molecule has 0 aromatic heterocycles. The first-order valence-electron chi connectivity index (χ1n) is 10.7. The number of hydrogen-bond donors (Lipinski definition) is 2. The van der Waals surface area contributed by atoms with Gasteiger partial charge in [0.2, 0.25) is 0 Å². The first-order valence-corrected chi connectivity index (χ1v) is 12.4. The number of nitrogens with two attached hydrogens (primary N) is 1. The Hall–Kier alpha value is -2.05. The molecule has 1 aliphatic rings. The highest BCUT2D eigenvalue weighted by Gasteiger charge is 2.49. The fraction of sp³-hybridized carbons (Fsp3) is 0.500. The Balaban J connectivity index is 2.32. The van der Waals surface area contributed by atoms with Gasteiger partial charge < -0.3 is 15.7 Å². The number of aliphatic hydroxyl groups is 1. The maximum atomic E-state index is 13.6. The second-order valence-corrected chi connectivity index (χ2v) is 10.7. The fourth-order valence-corrected chi connectivity index (χ4v) is 7.01. The summed E-state index contributed by atoms with van der Waals surface area (Å²) < 4.78 is 27.1. The number of fused-ring (bicyclic) bond motifs is 1. The number of unbranched alkanes of at least 4 members (excludes halogenated alkanes) is 1. The molecule has 0 radical (unpaired) electrons. The predicted octanol–water partition coefficient (Wildman–Crippen LogP) is 4.20. The molecule has 164 valence electrons. The molecule has 1 heterocycles. The van der Waals surface area contributed by atoms with Gasteiger partial charge in [0.05, 0.1) is 16.8 Å². The Morgan fingerprint density at radius 1 is 1.17 bits per heavy atom. The lowest BCUT2D eigenvalue weighted by Gasteiger charge is -2.39. The van der Waals surface area contributed by atoms with Gasteiger partial charge in [-0.3, -0.25) is 0 Å². The summed E-state index contributed by atoms with van der Waals surface area (Å²) in [6, 6.07) is 12.9. The number of nitrogen functional groups attached to an aromatic ring is 1. The summed E-state index contributed by atoms with van der Waals surface area (Å²) in [7, 11) is 0.289. The van der Waals surface area contributed by atoms with E-state index in [-0.39, 0.29) is 5.75 Å². The van der Waals surface area contributed by atoms with E-state index in [0.29, 0.717) is 29.0 Å². The van der Waals surface area contributed by atoms with E-state index in [4.69, 9.17) is 5.73 Å². The van der Waals surface area contributed by atoms with Gasteiger partial charge in [-0.25, -0.2) is 8.42 Å². The van der Waals surface area contributed by atoms with Gasteiger partial charge in [-0.2, -0.15) is 0 Å². The zero-order valence-electron chi connectivity index (χ0n) is 18.4. The smallest absolute Gasteiger partial charge is 0.179 e. The summed E-state index contributed by atoms with van der Waals surface area (Å²) in [5, 5.41) is 11.8. The molecule has 0 bridgehead atoms. The molecule has 0 saturated carbocycles. The maximum absolute atomic E-state index is 13.6. The molecule has 1 aliphatic heterocycles. The monoisotopic (exact) mass is 430 g/mol. The number of nitrogens with zero attached hydrogens (tertiary/aromatic N) is 1. The van der Waals surface area contributed by atoms with Crippen molar-refractivity contribution in [3.63, 3.8) is 0 Å². The van der Waals surface area contributed by atoms with Gasteiger partial charge in [0.1, 0.15) is 0 Å². The highest BCUT2D eigenvalue weighted by atomic mass is 32.2. The third kappa shape index (κ3) is 4.08. The Morgan fingerprint density at radius 3 is 2.50 bits per heavy atom. The molecule has 2 aromatic rings. The second kappa shape index (κ2) is 8.60. The van der Waals surface area contributed by atoms with Gasteiger partial charge in [0, 0.05) is 36.8 Å². The van der Waals surface area contributed by atoms with E-state index in [1.54, 1.807) is 6.07 Å². The van der Waals surface area contributed by atoms with Crippen molar-refractivity contribution >= 4 is 21.2 Å². The summed E-state index contributed by atoms with van der Waals surface area (Å²) in [6.07, 6.45) is 2.27. The van der Waals surface area contributed by atoms with Crippen molar-refractivity contribution < 1.29 is 13.5 Å². The SMILES string of the molecule is CCCC[C@]1(CC)CS(=O)(=O)c2ccc(N(C)C)cc2[C@@H](c2cccc(N)c2)[C@@H]1O. The van der Waals surface area contributed by atoms with Crippen molar-refractivity contribution in [1.82, 2.24) is 0 Å². The first kappa shape index (κ1) is 22.6. The highest BCUT2D eigenvalue weighted by molar-refractivity contribution is 7.91. The molecule has 6 heteroatoms. The van der Waals surface area contributed by atoms with E-state index < -0.39 is 27.3 Å². The van der Waals surface area contributed by atoms with Gasteiger partial charge in [0.15, 0.2) is 9.84 Å². The van der Waals surface area contributed by atoms with Crippen LogP contribution in [0.25, 0.3) is 0 Å². The topological polar surface area (TPSA) is 83.6 Å². The van der Waals surface area contributed by atoms with E-state index in [1.807, 2.05) is 62.3 Å². The number of anilines is 2. The van der Waals surface area contributed by atoms with E-state index in [0.717, 1.165) is 24.1 Å². The minimum absolute atomic E-state index is 0.0369. The molecule has 0 fully saturated rings. The fourth-order valence-electron chi connectivity index (χ4n) is 4.76. The predicted molar refractivity (Wildman–Crippen MR) is 124 cm³/mol. The first-order chi connectivity index (χ1) is 14.1. The van der Waals surface area contributed by atoms with Gasteiger partial charge >= 0.3 is 0 Å². The molecule has 5 nitrogen and oxygen atoms in total. The van der Waals surface area contributed by atoms with Crippen molar-refractivity contribution in [2.45, 2.75) is 56.4 Å². The van der Waals surface area contributed by atoms with Crippen LogP contribution in [-0.2, 0) is 9.84 Å². The maximum Gasteiger partial charge on any atom is 0.179 e. The van der Waals surface area contributed by atoms with E-state index in [9.17, 15) is 13.5 Å². The minimum Gasteiger partial charge on any atom is -0.399 e. The summed E-state index contributed by atoms with van der Waals surface area (Å²) >= 11 is 0. The average molecular weight is 431 g/mol. The highest BCUT2D eigenvalue weighted by Crippen LogP contribution is 2.49. The quantitative estimate of drug-likeness (QED) is 0.671. The lowest BCUT2D eigenvalue weighted by atomic mass is 9.69. The number of aliphatic hydroxyl groups excluding tert-OH is 1. The van der Waals surface area contributed by atoms with Crippen LogP contribution in [0.2, 0.25) is 0 Å². The Bertz CT molecular complexity index is 1000. The van der Waals surface area contributed by atoms with Gasteiger partial charge in [0.25, 0.3) is 0 Å². The summed E-state index contributed by atoms with van der Waals surface area (Å²) in [4.78, 5) is 2.27. The van der Waals surface area contributed by atoms with Crippen LogP contribution in [0.15, 0.2) is 47.4 Å². The van der Waals surface area contributed by atoms with Gasteiger partial charge in [-0.1, -0.05) is 38.8 Å². The molecule has 0 aliphatic carbocycles. The van der Waals surface area contributed by atoms with Crippen molar-refractivity contribution in [2.75, 3.05) is 30.5 Å². The molecule has 30 heavy (non-hydrogen) atoms. The zero-order valence-corrected chi connectivity index (χ0v) is 19.2. The lowest BCUT2D eigenvalue weighted by molar-refractivity contribution is 0.0174. The average Bonchev–Trinajstić information content (AvgIpc) is 2.77.